The molecule has 1 aliphatic rings. The highest BCUT2D eigenvalue weighted by Crippen LogP contribution is 2.38. The van der Waals surface area contributed by atoms with Gasteiger partial charge in [-0.1, -0.05) is 36.8 Å². The molecule has 22 heavy (non-hydrogen) atoms. The molecule has 1 aliphatic carbocycles. The lowest BCUT2D eigenvalue weighted by Crippen LogP contribution is -2.46. The summed E-state index contributed by atoms with van der Waals surface area (Å²) in [4.78, 5) is 23.3. The van der Waals surface area contributed by atoms with Gasteiger partial charge in [0.25, 0.3) is 0 Å². The largest absolute Gasteiger partial charge is 0.303 e. The molecule has 2 atom stereocenters. The number of hydrogen-bond acceptors (Lipinski definition) is 4. The third-order valence-corrected chi connectivity index (χ3v) is 5.64. The number of benzene rings is 1. The number of thioether (sulfide) groups is 1. The van der Waals surface area contributed by atoms with E-state index in [0.29, 0.717) is 12.8 Å². The van der Waals surface area contributed by atoms with Crippen LogP contribution < -0.4 is 0 Å². The first kappa shape index (κ1) is 16.7. The van der Waals surface area contributed by atoms with Gasteiger partial charge in [0.05, 0.1) is 0 Å². The van der Waals surface area contributed by atoms with Crippen LogP contribution in [0.4, 0.5) is 0 Å². The van der Waals surface area contributed by atoms with Crippen LogP contribution in [0.1, 0.15) is 32.6 Å². The summed E-state index contributed by atoms with van der Waals surface area (Å²) in [6, 6.07) is 10.2. The molecule has 0 spiro atoms. The van der Waals surface area contributed by atoms with Gasteiger partial charge in [-0.15, -0.1) is 11.8 Å². The lowest BCUT2D eigenvalue weighted by Gasteiger charge is -2.32. The number of rotatable bonds is 7. The molecular weight excluding hydrogens is 298 g/mol. The van der Waals surface area contributed by atoms with Crippen LogP contribution in [0.2, 0.25) is 0 Å². The second-order valence-corrected chi connectivity index (χ2v) is 6.88. The van der Waals surface area contributed by atoms with Gasteiger partial charge in [-0.3, -0.25) is 10.1 Å². The first-order valence-electron chi connectivity index (χ1n) is 7.52. The second kappa shape index (κ2) is 7.58. The summed E-state index contributed by atoms with van der Waals surface area (Å²) >= 11 is 1.76. The lowest BCUT2D eigenvalue weighted by atomic mass is 9.74. The predicted octanol–water partition coefficient (Wildman–Crippen LogP) is 4.13. The zero-order valence-electron chi connectivity index (χ0n) is 12.7. The number of aldehydes is 1. The topological polar surface area (TPSA) is 60.2 Å². The molecule has 118 valence electrons. The molecule has 0 bridgehead atoms. The van der Waals surface area contributed by atoms with Crippen molar-refractivity contribution < 1.29 is 9.72 Å². The minimum absolute atomic E-state index is 0.168. The van der Waals surface area contributed by atoms with Crippen molar-refractivity contribution in [3.63, 3.8) is 0 Å². The predicted molar refractivity (Wildman–Crippen MR) is 88.7 cm³/mol. The van der Waals surface area contributed by atoms with Crippen molar-refractivity contribution in [1.29, 1.82) is 0 Å². The molecule has 0 saturated heterocycles. The highest BCUT2D eigenvalue weighted by molar-refractivity contribution is 7.99. The van der Waals surface area contributed by atoms with Crippen molar-refractivity contribution in [2.75, 3.05) is 5.75 Å². The Morgan fingerprint density at radius 2 is 2.14 bits per heavy atom. The van der Waals surface area contributed by atoms with Gasteiger partial charge in [-0.2, -0.15) is 0 Å². The van der Waals surface area contributed by atoms with E-state index in [9.17, 15) is 14.9 Å². The summed E-state index contributed by atoms with van der Waals surface area (Å²) in [5.74, 6) is 0.652. The Balaban J connectivity index is 2.00. The smallest absolute Gasteiger partial charge is 0.228 e. The van der Waals surface area contributed by atoms with Crippen molar-refractivity contribution in [3.05, 3.63) is 52.1 Å². The zero-order valence-corrected chi connectivity index (χ0v) is 13.6. The molecule has 1 aromatic carbocycles. The van der Waals surface area contributed by atoms with Gasteiger partial charge in [0.1, 0.15) is 6.29 Å². The van der Waals surface area contributed by atoms with E-state index in [2.05, 4.69) is 12.1 Å². The molecule has 0 N–H and O–H groups in total. The van der Waals surface area contributed by atoms with Crippen LogP contribution in [0.15, 0.2) is 46.9 Å². The number of carbonyl (C=O) groups excluding carboxylic acids is 1. The molecule has 0 aliphatic heterocycles. The number of nitrogens with zero attached hydrogens (tertiary/aromatic N) is 1. The Kier molecular flexibility index (Phi) is 5.77. The fraction of sp³-hybridized carbons (Fsp3) is 0.471. The Morgan fingerprint density at radius 1 is 1.41 bits per heavy atom. The first-order chi connectivity index (χ1) is 10.6. The Labute approximate surface area is 135 Å². The van der Waals surface area contributed by atoms with E-state index in [1.165, 1.54) is 10.5 Å². The van der Waals surface area contributed by atoms with Crippen LogP contribution >= 0.6 is 11.8 Å². The van der Waals surface area contributed by atoms with Crippen LogP contribution in [0.25, 0.3) is 0 Å². The molecule has 0 aromatic heterocycles. The molecule has 0 heterocycles. The number of hydrogen-bond donors (Lipinski definition) is 0. The van der Waals surface area contributed by atoms with E-state index in [1.807, 2.05) is 31.2 Å². The Bertz CT molecular complexity index is 558. The van der Waals surface area contributed by atoms with E-state index in [0.717, 1.165) is 18.5 Å². The molecular formula is C17H21NO3S. The summed E-state index contributed by atoms with van der Waals surface area (Å²) in [5.41, 5.74) is 0.298. The minimum atomic E-state index is -0.970. The minimum Gasteiger partial charge on any atom is -0.303 e. The first-order valence-corrected chi connectivity index (χ1v) is 8.51. The molecule has 0 saturated carbocycles. The molecule has 0 radical (unpaired) electrons. The average Bonchev–Trinajstić information content (AvgIpc) is 2.54. The average molecular weight is 319 g/mol. The number of nitro groups is 1. The molecule has 0 unspecified atom stereocenters. The number of carbonyl (C=O) groups is 1. The van der Waals surface area contributed by atoms with Gasteiger partial charge < -0.3 is 4.79 Å². The summed E-state index contributed by atoms with van der Waals surface area (Å²) in [6.45, 7) is 1.81. The van der Waals surface area contributed by atoms with Crippen LogP contribution in [0, 0.1) is 16.0 Å². The van der Waals surface area contributed by atoms with Crippen molar-refractivity contribution in [3.8, 4) is 0 Å². The molecule has 2 rings (SSSR count). The third-order valence-electron chi connectivity index (χ3n) is 4.52. The van der Waals surface area contributed by atoms with Gasteiger partial charge in [0.15, 0.2) is 0 Å². The molecule has 4 nitrogen and oxygen atoms in total. The van der Waals surface area contributed by atoms with Crippen molar-refractivity contribution >= 4 is 18.0 Å². The van der Waals surface area contributed by atoms with Gasteiger partial charge in [-0.25, -0.2) is 0 Å². The molecule has 1 aromatic rings. The lowest BCUT2D eigenvalue weighted by molar-refractivity contribution is -0.581. The summed E-state index contributed by atoms with van der Waals surface area (Å²) < 4.78 is 0. The quantitative estimate of drug-likeness (QED) is 0.249. The maximum absolute atomic E-state index is 11.5. The standard InChI is InChI=1S/C17H21NO3S/c1-14(9-12-19)17(18(20)21)10-7-15(8-11-17)13-22-16-5-3-2-4-6-16/h2-7,12,14H,8-11,13H2,1H3/t14-,17-/m0/s1. The molecule has 0 amide bonds. The van der Waals surface area contributed by atoms with E-state index in [-0.39, 0.29) is 17.3 Å². The summed E-state index contributed by atoms with van der Waals surface area (Å²) in [6.07, 6.45) is 4.76. The maximum Gasteiger partial charge on any atom is 0.228 e. The fourth-order valence-electron chi connectivity index (χ4n) is 2.88. The molecule has 0 fully saturated rings. The highest BCUT2D eigenvalue weighted by Gasteiger charge is 2.48. The van der Waals surface area contributed by atoms with Crippen molar-refractivity contribution in [2.24, 2.45) is 5.92 Å². The van der Waals surface area contributed by atoms with E-state index >= 15 is 0 Å². The van der Waals surface area contributed by atoms with Crippen LogP contribution in [0.5, 0.6) is 0 Å². The Hall–Kier alpha value is -1.62. The highest BCUT2D eigenvalue weighted by atomic mass is 32.2. The second-order valence-electron chi connectivity index (χ2n) is 5.83. The van der Waals surface area contributed by atoms with Gasteiger partial charge in [-0.05, 0) is 18.6 Å². The van der Waals surface area contributed by atoms with Crippen LogP contribution in [-0.2, 0) is 4.79 Å². The summed E-state index contributed by atoms with van der Waals surface area (Å²) in [5, 5.41) is 11.5. The summed E-state index contributed by atoms with van der Waals surface area (Å²) in [7, 11) is 0. The van der Waals surface area contributed by atoms with E-state index < -0.39 is 5.54 Å². The van der Waals surface area contributed by atoms with Crippen molar-refractivity contribution in [1.82, 2.24) is 0 Å². The SMILES string of the molecule is C[C@@H](CC=O)[C@]1([N+](=O)[O-])CC=C(CSc2ccccc2)CC1. The van der Waals surface area contributed by atoms with E-state index in [1.54, 1.807) is 11.8 Å². The fourth-order valence-corrected chi connectivity index (χ4v) is 3.85. The van der Waals surface area contributed by atoms with Crippen LogP contribution in [-0.4, -0.2) is 22.5 Å². The maximum atomic E-state index is 11.5. The van der Waals surface area contributed by atoms with Crippen LogP contribution in [0.3, 0.4) is 0 Å². The Morgan fingerprint density at radius 3 is 2.68 bits per heavy atom. The van der Waals surface area contributed by atoms with Crippen molar-refractivity contribution in [2.45, 2.75) is 43.0 Å². The van der Waals surface area contributed by atoms with Gasteiger partial charge >= 0.3 is 0 Å². The normalized spacial score (nSPS) is 22.7. The monoisotopic (exact) mass is 319 g/mol. The van der Waals surface area contributed by atoms with Gasteiger partial charge in [0, 0.05) is 40.8 Å². The van der Waals surface area contributed by atoms with E-state index in [4.69, 9.17) is 0 Å². The van der Waals surface area contributed by atoms with Gasteiger partial charge in [0.2, 0.25) is 5.54 Å². The zero-order chi connectivity index (χ0) is 16.0. The third kappa shape index (κ3) is 3.77. The molecule has 5 heteroatoms.